The van der Waals surface area contributed by atoms with Gasteiger partial charge in [-0.1, -0.05) is 55.9 Å². The second-order valence-electron chi connectivity index (χ2n) is 6.33. The Kier molecular flexibility index (Phi) is 4.08. The second kappa shape index (κ2) is 5.47. The van der Waals surface area contributed by atoms with E-state index in [1.165, 1.54) is 0 Å². The molecule has 0 unspecified atom stereocenters. The van der Waals surface area contributed by atoms with E-state index in [-0.39, 0.29) is 5.92 Å². The monoisotopic (exact) mass is 286 g/mol. The van der Waals surface area contributed by atoms with Crippen molar-refractivity contribution in [3.05, 3.63) is 47.7 Å². The number of hydrogen-bond donors (Lipinski definition) is 1. The first-order valence-corrected chi connectivity index (χ1v) is 10.4. The molecule has 0 fully saturated rings. The molecule has 106 valence electrons. The van der Waals surface area contributed by atoms with Crippen LogP contribution < -0.4 is 0 Å². The molecule has 1 aromatic rings. The molecule has 2 rings (SSSR count). The standard InChI is InChI=1S/C17H22O2Si/c1-19-15-12-16(14-8-6-5-7-9-14)17(18,13-15)10-11-20(2,3)4/h5-9,12,16,18H,13H2,1-4H3/t16-,17-/m1/s1. The van der Waals surface area contributed by atoms with E-state index >= 15 is 0 Å². The van der Waals surface area contributed by atoms with Crippen molar-refractivity contribution < 1.29 is 9.84 Å². The van der Waals surface area contributed by atoms with Gasteiger partial charge in [-0.25, -0.2) is 0 Å². The van der Waals surface area contributed by atoms with Crippen LogP contribution in [0.2, 0.25) is 19.6 Å². The highest BCUT2D eigenvalue weighted by molar-refractivity contribution is 6.83. The van der Waals surface area contributed by atoms with Gasteiger partial charge in [-0.05, 0) is 11.6 Å². The van der Waals surface area contributed by atoms with Crippen molar-refractivity contribution in [3.63, 3.8) is 0 Å². The predicted octanol–water partition coefficient (Wildman–Crippen LogP) is 3.32. The Bertz CT molecular complexity index is 560. The lowest BCUT2D eigenvalue weighted by Crippen LogP contribution is -2.32. The van der Waals surface area contributed by atoms with Crippen LogP contribution in [0, 0.1) is 11.5 Å². The molecule has 20 heavy (non-hydrogen) atoms. The summed E-state index contributed by atoms with van der Waals surface area (Å²) in [6.45, 7) is 6.54. The van der Waals surface area contributed by atoms with Gasteiger partial charge in [0.15, 0.2) is 0 Å². The van der Waals surface area contributed by atoms with Crippen LogP contribution in [-0.2, 0) is 4.74 Å². The fraction of sp³-hybridized carbons (Fsp3) is 0.412. The van der Waals surface area contributed by atoms with E-state index in [0.717, 1.165) is 11.3 Å². The van der Waals surface area contributed by atoms with E-state index in [2.05, 4.69) is 31.1 Å². The Morgan fingerprint density at radius 3 is 2.45 bits per heavy atom. The highest BCUT2D eigenvalue weighted by atomic mass is 28.3. The molecule has 0 radical (unpaired) electrons. The third-order valence-corrected chi connectivity index (χ3v) is 4.26. The summed E-state index contributed by atoms with van der Waals surface area (Å²) in [6.07, 6.45) is 2.45. The molecule has 0 saturated carbocycles. The predicted molar refractivity (Wildman–Crippen MR) is 85.0 cm³/mol. The Morgan fingerprint density at radius 1 is 1.25 bits per heavy atom. The molecule has 1 aromatic carbocycles. The lowest BCUT2D eigenvalue weighted by atomic mass is 9.85. The number of methoxy groups -OCH3 is 1. The minimum Gasteiger partial charge on any atom is -0.501 e. The van der Waals surface area contributed by atoms with Crippen LogP contribution in [0.25, 0.3) is 0 Å². The molecule has 2 atom stereocenters. The minimum atomic E-state index is -1.52. The average molecular weight is 286 g/mol. The highest BCUT2D eigenvalue weighted by Gasteiger charge is 2.41. The first-order valence-electron chi connectivity index (χ1n) is 6.90. The molecular formula is C17H22O2Si. The van der Waals surface area contributed by atoms with Gasteiger partial charge in [0.05, 0.1) is 12.9 Å². The van der Waals surface area contributed by atoms with Gasteiger partial charge in [0, 0.05) is 12.3 Å². The number of ether oxygens (including phenoxy) is 1. The first kappa shape index (κ1) is 14.9. The van der Waals surface area contributed by atoms with E-state index in [9.17, 15) is 5.11 Å². The van der Waals surface area contributed by atoms with Gasteiger partial charge in [0.1, 0.15) is 13.7 Å². The van der Waals surface area contributed by atoms with Crippen LogP contribution in [0.5, 0.6) is 0 Å². The summed E-state index contributed by atoms with van der Waals surface area (Å²) >= 11 is 0. The quantitative estimate of drug-likeness (QED) is 0.667. The van der Waals surface area contributed by atoms with E-state index in [4.69, 9.17) is 4.74 Å². The van der Waals surface area contributed by atoms with Crippen LogP contribution in [0.1, 0.15) is 17.9 Å². The van der Waals surface area contributed by atoms with E-state index < -0.39 is 13.7 Å². The van der Waals surface area contributed by atoms with Gasteiger partial charge in [-0.15, -0.1) is 5.54 Å². The molecule has 1 aliphatic carbocycles. The third-order valence-electron chi connectivity index (χ3n) is 3.39. The lowest BCUT2D eigenvalue weighted by Gasteiger charge is -2.25. The molecule has 2 nitrogen and oxygen atoms in total. The van der Waals surface area contributed by atoms with E-state index in [1.54, 1.807) is 7.11 Å². The Hall–Kier alpha value is -1.50. The number of rotatable bonds is 2. The maximum atomic E-state index is 11.0. The molecule has 0 heterocycles. The summed E-state index contributed by atoms with van der Waals surface area (Å²) in [5, 5.41) is 11.0. The van der Waals surface area contributed by atoms with E-state index in [1.807, 2.05) is 36.4 Å². The number of benzene rings is 1. The number of aliphatic hydroxyl groups is 1. The van der Waals surface area contributed by atoms with Crippen LogP contribution in [0.3, 0.4) is 0 Å². The fourth-order valence-electron chi connectivity index (χ4n) is 2.35. The van der Waals surface area contributed by atoms with Gasteiger partial charge >= 0.3 is 0 Å². The molecule has 0 spiro atoms. The SMILES string of the molecule is COC1=C[C@H](c2ccccc2)[C@@](O)(C#C[Si](C)(C)C)C1. The largest absolute Gasteiger partial charge is 0.501 e. The van der Waals surface area contributed by atoms with Crippen LogP contribution in [-0.4, -0.2) is 25.9 Å². The van der Waals surface area contributed by atoms with Crippen molar-refractivity contribution in [2.75, 3.05) is 7.11 Å². The summed E-state index contributed by atoms with van der Waals surface area (Å²) in [6, 6.07) is 10.0. The van der Waals surface area contributed by atoms with E-state index in [0.29, 0.717) is 6.42 Å². The molecule has 0 aromatic heterocycles. The van der Waals surface area contributed by atoms with Crippen molar-refractivity contribution in [2.24, 2.45) is 0 Å². The minimum absolute atomic E-state index is 0.123. The van der Waals surface area contributed by atoms with Gasteiger partial charge < -0.3 is 9.84 Å². The summed E-state index contributed by atoms with van der Waals surface area (Å²) in [4.78, 5) is 0. The smallest absolute Gasteiger partial charge is 0.142 e. The number of hydrogen-bond acceptors (Lipinski definition) is 2. The third kappa shape index (κ3) is 3.33. The van der Waals surface area contributed by atoms with Crippen molar-refractivity contribution in [1.29, 1.82) is 0 Å². The van der Waals surface area contributed by atoms with Crippen molar-refractivity contribution >= 4 is 8.07 Å². The Balaban J connectivity index is 2.39. The molecule has 0 aliphatic heterocycles. The molecular weight excluding hydrogens is 264 g/mol. The maximum Gasteiger partial charge on any atom is 0.142 e. The first-order chi connectivity index (χ1) is 9.34. The van der Waals surface area contributed by atoms with Gasteiger partial charge in [-0.3, -0.25) is 0 Å². The summed E-state index contributed by atoms with van der Waals surface area (Å²) in [5.41, 5.74) is 3.33. The van der Waals surface area contributed by atoms with Crippen LogP contribution >= 0.6 is 0 Å². The van der Waals surface area contributed by atoms with Crippen LogP contribution in [0.15, 0.2) is 42.2 Å². The molecule has 1 aliphatic rings. The summed E-state index contributed by atoms with van der Waals surface area (Å²) in [5.74, 6) is 3.83. The normalized spacial score (nSPS) is 25.6. The Labute approximate surface area is 122 Å². The maximum absolute atomic E-state index is 11.0. The molecule has 1 N–H and O–H groups in total. The van der Waals surface area contributed by atoms with Crippen molar-refractivity contribution in [3.8, 4) is 11.5 Å². The molecule has 0 saturated heterocycles. The molecule has 0 amide bonds. The van der Waals surface area contributed by atoms with Gasteiger partial charge in [-0.2, -0.15) is 0 Å². The molecule has 0 bridgehead atoms. The second-order valence-corrected chi connectivity index (χ2v) is 11.1. The average Bonchev–Trinajstić information content (AvgIpc) is 2.75. The Morgan fingerprint density at radius 2 is 1.90 bits per heavy atom. The summed E-state index contributed by atoms with van der Waals surface area (Å²) < 4.78 is 5.33. The summed E-state index contributed by atoms with van der Waals surface area (Å²) in [7, 11) is 0.125. The zero-order valence-corrected chi connectivity index (χ0v) is 13.6. The highest BCUT2D eigenvalue weighted by Crippen LogP contribution is 2.41. The van der Waals surface area contributed by atoms with Gasteiger partial charge in [0.25, 0.3) is 0 Å². The zero-order valence-electron chi connectivity index (χ0n) is 12.6. The van der Waals surface area contributed by atoms with Gasteiger partial charge in [0.2, 0.25) is 0 Å². The fourth-order valence-corrected chi connectivity index (χ4v) is 2.94. The zero-order chi connectivity index (χ0) is 14.8. The lowest BCUT2D eigenvalue weighted by molar-refractivity contribution is 0.0864. The van der Waals surface area contributed by atoms with Crippen LogP contribution in [0.4, 0.5) is 0 Å². The topological polar surface area (TPSA) is 29.5 Å². The van der Waals surface area contributed by atoms with Crippen molar-refractivity contribution in [1.82, 2.24) is 0 Å². The van der Waals surface area contributed by atoms with Crippen molar-refractivity contribution in [2.45, 2.75) is 37.6 Å². The molecule has 3 heteroatoms.